The van der Waals surface area contributed by atoms with E-state index in [4.69, 9.17) is 9.47 Å². The summed E-state index contributed by atoms with van der Waals surface area (Å²) < 4.78 is 11.3. The van der Waals surface area contributed by atoms with Crippen molar-refractivity contribution in [1.82, 2.24) is 4.90 Å². The molecule has 0 radical (unpaired) electrons. The van der Waals surface area contributed by atoms with E-state index in [9.17, 15) is 4.79 Å². The summed E-state index contributed by atoms with van der Waals surface area (Å²) in [6.07, 6.45) is 1.39. The topological polar surface area (TPSA) is 38.8 Å². The van der Waals surface area contributed by atoms with E-state index in [0.717, 1.165) is 23.3 Å². The number of rotatable bonds is 6. The van der Waals surface area contributed by atoms with E-state index >= 15 is 0 Å². The molecular weight excluding hydrogens is 314 g/mol. The number of nitrogens with zero attached hydrogens (tertiary/aromatic N) is 1. The first-order valence-electron chi connectivity index (χ1n) is 8.75. The molecule has 0 unspecified atom stereocenters. The number of likely N-dealkylation sites (tertiary alicyclic amines) is 1. The van der Waals surface area contributed by atoms with E-state index in [1.54, 1.807) is 7.11 Å². The maximum Gasteiger partial charge on any atom is 0.223 e. The summed E-state index contributed by atoms with van der Waals surface area (Å²) in [7, 11) is 1.65. The largest absolute Gasteiger partial charge is 0.497 e. The molecule has 2 aromatic rings. The van der Waals surface area contributed by atoms with Crippen molar-refractivity contribution in [3.8, 4) is 5.75 Å². The molecule has 2 aromatic carbocycles. The first kappa shape index (κ1) is 17.5. The van der Waals surface area contributed by atoms with Gasteiger partial charge in [0.25, 0.3) is 0 Å². The van der Waals surface area contributed by atoms with Crippen molar-refractivity contribution >= 4 is 5.91 Å². The van der Waals surface area contributed by atoms with Gasteiger partial charge in [0.2, 0.25) is 5.91 Å². The standard InChI is InChI=1S/C21H25NO3/c1-16-20(25-15-18-6-4-3-5-7-18)12-13-21(23)22(16)14-17-8-10-19(24-2)11-9-17/h3-11,16,20H,12-15H2,1-2H3/t16-,20-/m1/s1. The quantitative estimate of drug-likeness (QED) is 0.804. The molecule has 1 amide bonds. The van der Waals surface area contributed by atoms with Gasteiger partial charge in [-0.15, -0.1) is 0 Å². The fourth-order valence-corrected chi connectivity index (χ4v) is 3.24. The van der Waals surface area contributed by atoms with Crippen molar-refractivity contribution in [2.24, 2.45) is 0 Å². The third-order valence-electron chi connectivity index (χ3n) is 4.81. The second-order valence-corrected chi connectivity index (χ2v) is 6.48. The van der Waals surface area contributed by atoms with Crippen LogP contribution in [0.1, 0.15) is 30.9 Å². The summed E-state index contributed by atoms with van der Waals surface area (Å²) in [6.45, 7) is 3.27. The zero-order chi connectivity index (χ0) is 17.6. The minimum atomic E-state index is 0.0621. The highest BCUT2D eigenvalue weighted by molar-refractivity contribution is 5.77. The van der Waals surface area contributed by atoms with Crippen LogP contribution in [0.25, 0.3) is 0 Å². The number of carbonyl (C=O) groups excluding carboxylic acids is 1. The molecule has 132 valence electrons. The lowest BCUT2D eigenvalue weighted by Crippen LogP contribution is -2.49. The predicted molar refractivity (Wildman–Crippen MR) is 97.3 cm³/mol. The first-order chi connectivity index (χ1) is 12.2. The predicted octanol–water partition coefficient (Wildman–Crippen LogP) is 3.79. The molecule has 4 heteroatoms. The van der Waals surface area contributed by atoms with Gasteiger partial charge >= 0.3 is 0 Å². The molecule has 1 heterocycles. The number of carbonyl (C=O) groups is 1. The zero-order valence-electron chi connectivity index (χ0n) is 14.9. The van der Waals surface area contributed by atoms with Crippen LogP contribution in [0.2, 0.25) is 0 Å². The van der Waals surface area contributed by atoms with E-state index in [1.165, 1.54) is 0 Å². The van der Waals surface area contributed by atoms with Crippen molar-refractivity contribution in [3.63, 3.8) is 0 Å². The lowest BCUT2D eigenvalue weighted by molar-refractivity contribution is -0.145. The molecule has 0 aliphatic carbocycles. The van der Waals surface area contributed by atoms with Crippen LogP contribution in [0.15, 0.2) is 54.6 Å². The van der Waals surface area contributed by atoms with Gasteiger partial charge in [-0.1, -0.05) is 42.5 Å². The van der Waals surface area contributed by atoms with Crippen LogP contribution in [0.4, 0.5) is 0 Å². The third-order valence-corrected chi connectivity index (χ3v) is 4.81. The van der Waals surface area contributed by atoms with Gasteiger partial charge in [0.15, 0.2) is 0 Å². The summed E-state index contributed by atoms with van der Waals surface area (Å²) in [6, 6.07) is 18.1. The maximum atomic E-state index is 12.4. The molecular formula is C21H25NO3. The summed E-state index contributed by atoms with van der Waals surface area (Å²) in [5, 5.41) is 0. The molecule has 0 spiro atoms. The summed E-state index contributed by atoms with van der Waals surface area (Å²) in [4.78, 5) is 14.3. The number of piperidine rings is 1. The van der Waals surface area contributed by atoms with Crippen LogP contribution in [0, 0.1) is 0 Å². The summed E-state index contributed by atoms with van der Waals surface area (Å²) in [5.74, 6) is 1.02. The Kier molecular flexibility index (Phi) is 5.71. The van der Waals surface area contributed by atoms with Gasteiger partial charge < -0.3 is 14.4 Å². The Morgan fingerprint density at radius 3 is 2.44 bits per heavy atom. The number of hydrogen-bond acceptors (Lipinski definition) is 3. The lowest BCUT2D eigenvalue weighted by atomic mass is 9.98. The monoisotopic (exact) mass is 339 g/mol. The smallest absolute Gasteiger partial charge is 0.223 e. The van der Waals surface area contributed by atoms with Crippen LogP contribution in [0.5, 0.6) is 5.75 Å². The van der Waals surface area contributed by atoms with Crippen LogP contribution in [-0.4, -0.2) is 30.1 Å². The second kappa shape index (κ2) is 8.17. The van der Waals surface area contributed by atoms with Crippen molar-refractivity contribution in [2.45, 2.75) is 45.1 Å². The van der Waals surface area contributed by atoms with E-state index in [2.05, 4.69) is 19.1 Å². The van der Waals surface area contributed by atoms with E-state index < -0.39 is 0 Å². The number of hydrogen-bond donors (Lipinski definition) is 0. The molecule has 25 heavy (non-hydrogen) atoms. The van der Waals surface area contributed by atoms with Crippen molar-refractivity contribution in [2.75, 3.05) is 7.11 Å². The third kappa shape index (κ3) is 4.40. The molecule has 1 aliphatic rings. The molecule has 0 bridgehead atoms. The van der Waals surface area contributed by atoms with Crippen LogP contribution in [-0.2, 0) is 22.7 Å². The molecule has 3 rings (SSSR count). The fourth-order valence-electron chi connectivity index (χ4n) is 3.24. The van der Waals surface area contributed by atoms with Crippen molar-refractivity contribution in [3.05, 3.63) is 65.7 Å². The zero-order valence-corrected chi connectivity index (χ0v) is 14.9. The molecule has 1 aliphatic heterocycles. The van der Waals surface area contributed by atoms with Gasteiger partial charge in [-0.3, -0.25) is 4.79 Å². The Morgan fingerprint density at radius 1 is 1.04 bits per heavy atom. The minimum absolute atomic E-state index is 0.0621. The Balaban J connectivity index is 1.62. The Hall–Kier alpha value is -2.33. The first-order valence-corrected chi connectivity index (χ1v) is 8.75. The molecule has 1 saturated heterocycles. The molecule has 0 saturated carbocycles. The maximum absolute atomic E-state index is 12.4. The number of amides is 1. The number of benzene rings is 2. The van der Waals surface area contributed by atoms with Gasteiger partial charge in [-0.05, 0) is 36.6 Å². The Labute approximate surface area is 149 Å². The van der Waals surface area contributed by atoms with Crippen LogP contribution in [0.3, 0.4) is 0 Å². The Bertz CT molecular complexity index is 684. The highest BCUT2D eigenvalue weighted by Gasteiger charge is 2.33. The average Bonchev–Trinajstić information content (AvgIpc) is 2.66. The second-order valence-electron chi connectivity index (χ2n) is 6.48. The molecule has 0 aromatic heterocycles. The SMILES string of the molecule is COc1ccc(CN2C(=O)CC[C@@H](OCc3ccccc3)[C@H]2C)cc1. The van der Waals surface area contributed by atoms with E-state index in [0.29, 0.717) is 19.6 Å². The summed E-state index contributed by atoms with van der Waals surface area (Å²) >= 11 is 0. The highest BCUT2D eigenvalue weighted by atomic mass is 16.5. The van der Waals surface area contributed by atoms with Gasteiger partial charge in [0.05, 0.1) is 25.9 Å². The van der Waals surface area contributed by atoms with Gasteiger partial charge in [0, 0.05) is 13.0 Å². The molecule has 0 N–H and O–H groups in total. The van der Waals surface area contributed by atoms with Crippen molar-refractivity contribution < 1.29 is 14.3 Å². The fraction of sp³-hybridized carbons (Fsp3) is 0.381. The minimum Gasteiger partial charge on any atom is -0.497 e. The number of ether oxygens (including phenoxy) is 2. The van der Waals surface area contributed by atoms with Crippen LogP contribution >= 0.6 is 0 Å². The summed E-state index contributed by atoms with van der Waals surface area (Å²) in [5.41, 5.74) is 2.26. The number of methoxy groups -OCH3 is 1. The van der Waals surface area contributed by atoms with Gasteiger partial charge in [0.1, 0.15) is 5.75 Å². The Morgan fingerprint density at radius 2 is 1.76 bits per heavy atom. The van der Waals surface area contributed by atoms with Gasteiger partial charge in [-0.25, -0.2) is 0 Å². The van der Waals surface area contributed by atoms with Gasteiger partial charge in [-0.2, -0.15) is 0 Å². The van der Waals surface area contributed by atoms with E-state index in [-0.39, 0.29) is 18.1 Å². The van der Waals surface area contributed by atoms with E-state index in [1.807, 2.05) is 47.4 Å². The highest BCUT2D eigenvalue weighted by Crippen LogP contribution is 2.25. The lowest BCUT2D eigenvalue weighted by Gasteiger charge is -2.39. The van der Waals surface area contributed by atoms with Crippen molar-refractivity contribution in [1.29, 1.82) is 0 Å². The molecule has 1 fully saturated rings. The normalized spacial score (nSPS) is 20.6. The van der Waals surface area contributed by atoms with Crippen LogP contribution < -0.4 is 4.74 Å². The average molecular weight is 339 g/mol. The molecule has 4 nitrogen and oxygen atoms in total. The molecule has 2 atom stereocenters.